The SMILES string of the molecule is CCN(CC1CC1)c1nc(NC)c(F)cc1F. The molecule has 1 saturated carbocycles. The third-order valence-corrected chi connectivity index (χ3v) is 3.00. The zero-order valence-corrected chi connectivity index (χ0v) is 10.1. The second-order valence-electron chi connectivity index (χ2n) is 4.36. The zero-order chi connectivity index (χ0) is 12.4. The van der Waals surface area contributed by atoms with Crippen LogP contribution in [0.25, 0.3) is 0 Å². The summed E-state index contributed by atoms with van der Waals surface area (Å²) in [6, 6.07) is 0.893. The van der Waals surface area contributed by atoms with Gasteiger partial charge in [0.2, 0.25) is 0 Å². The van der Waals surface area contributed by atoms with E-state index in [4.69, 9.17) is 0 Å². The summed E-state index contributed by atoms with van der Waals surface area (Å²) in [5.41, 5.74) is 0. The lowest BCUT2D eigenvalue weighted by Crippen LogP contribution is -2.27. The zero-order valence-electron chi connectivity index (χ0n) is 10.1. The van der Waals surface area contributed by atoms with Crippen molar-refractivity contribution in [2.45, 2.75) is 19.8 Å². The van der Waals surface area contributed by atoms with Crippen LogP contribution < -0.4 is 10.2 Å². The normalized spacial score (nSPS) is 14.8. The molecular formula is C12H17F2N3. The first kappa shape index (κ1) is 12.1. The van der Waals surface area contributed by atoms with E-state index in [2.05, 4.69) is 10.3 Å². The Morgan fingerprint density at radius 1 is 1.41 bits per heavy atom. The van der Waals surface area contributed by atoms with Crippen LogP contribution in [0.5, 0.6) is 0 Å². The fraction of sp³-hybridized carbons (Fsp3) is 0.583. The maximum absolute atomic E-state index is 13.7. The Labute approximate surface area is 99.8 Å². The highest BCUT2D eigenvalue weighted by Crippen LogP contribution is 2.32. The summed E-state index contributed by atoms with van der Waals surface area (Å²) in [5, 5.41) is 2.63. The molecule has 3 nitrogen and oxygen atoms in total. The molecule has 0 aromatic carbocycles. The Morgan fingerprint density at radius 2 is 2.12 bits per heavy atom. The number of anilines is 2. The minimum atomic E-state index is -0.656. The Kier molecular flexibility index (Phi) is 3.45. The van der Waals surface area contributed by atoms with Gasteiger partial charge in [-0.2, -0.15) is 0 Å². The summed E-state index contributed by atoms with van der Waals surface area (Å²) in [6.45, 7) is 3.43. The third-order valence-electron chi connectivity index (χ3n) is 3.00. The molecule has 0 radical (unpaired) electrons. The highest BCUT2D eigenvalue weighted by molar-refractivity contribution is 5.49. The van der Waals surface area contributed by atoms with Gasteiger partial charge in [0, 0.05) is 26.2 Å². The van der Waals surface area contributed by atoms with Crippen LogP contribution in [0, 0.1) is 17.6 Å². The number of hydrogen-bond acceptors (Lipinski definition) is 3. The average molecular weight is 241 g/mol. The van der Waals surface area contributed by atoms with E-state index in [0.717, 1.165) is 12.6 Å². The predicted octanol–water partition coefficient (Wildman–Crippen LogP) is 2.64. The maximum Gasteiger partial charge on any atom is 0.168 e. The van der Waals surface area contributed by atoms with E-state index < -0.39 is 11.6 Å². The molecule has 1 aromatic heterocycles. The van der Waals surface area contributed by atoms with Crippen LogP contribution in [0.2, 0.25) is 0 Å². The smallest absolute Gasteiger partial charge is 0.168 e. The quantitative estimate of drug-likeness (QED) is 0.859. The summed E-state index contributed by atoms with van der Waals surface area (Å²) in [5.74, 6) is -0.278. The van der Waals surface area contributed by atoms with E-state index in [1.807, 2.05) is 11.8 Å². The van der Waals surface area contributed by atoms with Gasteiger partial charge < -0.3 is 10.2 Å². The predicted molar refractivity (Wildman–Crippen MR) is 64.3 cm³/mol. The fourth-order valence-corrected chi connectivity index (χ4v) is 1.83. The van der Waals surface area contributed by atoms with Gasteiger partial charge in [0.25, 0.3) is 0 Å². The van der Waals surface area contributed by atoms with Crippen LogP contribution >= 0.6 is 0 Å². The summed E-state index contributed by atoms with van der Waals surface area (Å²) < 4.78 is 27.0. The van der Waals surface area contributed by atoms with Crippen molar-refractivity contribution in [3.05, 3.63) is 17.7 Å². The van der Waals surface area contributed by atoms with Gasteiger partial charge in [-0.3, -0.25) is 0 Å². The molecule has 0 bridgehead atoms. The van der Waals surface area contributed by atoms with Gasteiger partial charge >= 0.3 is 0 Å². The molecule has 2 rings (SSSR count). The van der Waals surface area contributed by atoms with Crippen LogP contribution in [0.1, 0.15) is 19.8 Å². The fourth-order valence-electron chi connectivity index (χ4n) is 1.83. The lowest BCUT2D eigenvalue weighted by molar-refractivity contribution is 0.568. The highest BCUT2D eigenvalue weighted by Gasteiger charge is 2.26. The molecule has 1 N–H and O–H groups in total. The lowest BCUT2D eigenvalue weighted by Gasteiger charge is -2.22. The standard InChI is InChI=1S/C12H17F2N3/c1-3-17(7-8-4-5-8)12-10(14)6-9(13)11(15-2)16-12/h6,8H,3-5,7H2,1-2H3,(H,15,16). The van der Waals surface area contributed by atoms with Gasteiger partial charge in [-0.05, 0) is 25.7 Å². The van der Waals surface area contributed by atoms with Crippen molar-refractivity contribution in [1.82, 2.24) is 4.98 Å². The number of rotatable bonds is 5. The van der Waals surface area contributed by atoms with Gasteiger partial charge in [-0.1, -0.05) is 0 Å². The first-order valence-corrected chi connectivity index (χ1v) is 5.94. The van der Waals surface area contributed by atoms with Crippen molar-refractivity contribution in [2.24, 2.45) is 5.92 Å². The molecule has 0 aliphatic heterocycles. The largest absolute Gasteiger partial charge is 0.371 e. The second kappa shape index (κ2) is 4.85. The monoisotopic (exact) mass is 241 g/mol. The Morgan fingerprint density at radius 3 is 2.65 bits per heavy atom. The highest BCUT2D eigenvalue weighted by atomic mass is 19.1. The van der Waals surface area contributed by atoms with Gasteiger partial charge in [-0.15, -0.1) is 0 Å². The molecule has 1 aromatic rings. The molecule has 1 aliphatic rings. The first-order valence-electron chi connectivity index (χ1n) is 5.94. The molecule has 1 heterocycles. The summed E-state index contributed by atoms with van der Waals surface area (Å²) in [7, 11) is 1.57. The molecule has 1 fully saturated rings. The Hall–Kier alpha value is -1.39. The molecular weight excluding hydrogens is 224 g/mol. The number of aromatic nitrogens is 1. The van der Waals surface area contributed by atoms with Gasteiger partial charge in [0.05, 0.1) is 0 Å². The van der Waals surface area contributed by atoms with E-state index >= 15 is 0 Å². The van der Waals surface area contributed by atoms with E-state index in [0.29, 0.717) is 12.5 Å². The van der Waals surface area contributed by atoms with Crippen molar-refractivity contribution in [3.63, 3.8) is 0 Å². The molecule has 0 saturated heterocycles. The summed E-state index contributed by atoms with van der Waals surface area (Å²) in [4.78, 5) is 5.88. The topological polar surface area (TPSA) is 28.2 Å². The minimum Gasteiger partial charge on any atom is -0.371 e. The van der Waals surface area contributed by atoms with Crippen molar-refractivity contribution in [3.8, 4) is 0 Å². The number of nitrogens with one attached hydrogen (secondary N) is 1. The second-order valence-corrected chi connectivity index (χ2v) is 4.36. The Bertz CT molecular complexity index is 405. The maximum atomic E-state index is 13.7. The van der Waals surface area contributed by atoms with Crippen molar-refractivity contribution in [1.29, 1.82) is 0 Å². The van der Waals surface area contributed by atoms with E-state index in [-0.39, 0.29) is 11.6 Å². The number of halogens is 2. The van der Waals surface area contributed by atoms with Gasteiger partial charge in [-0.25, -0.2) is 13.8 Å². The van der Waals surface area contributed by atoms with Crippen molar-refractivity contribution in [2.75, 3.05) is 30.4 Å². The summed E-state index contributed by atoms with van der Waals surface area (Å²) >= 11 is 0. The molecule has 0 unspecified atom stereocenters. The van der Waals surface area contributed by atoms with Crippen LogP contribution in [-0.4, -0.2) is 25.1 Å². The minimum absolute atomic E-state index is 0.0932. The van der Waals surface area contributed by atoms with Crippen LogP contribution in [0.3, 0.4) is 0 Å². The molecule has 17 heavy (non-hydrogen) atoms. The first-order chi connectivity index (χ1) is 8.15. The molecule has 5 heteroatoms. The summed E-state index contributed by atoms with van der Waals surface area (Å²) in [6.07, 6.45) is 2.39. The number of nitrogens with zero attached hydrogens (tertiary/aromatic N) is 2. The molecule has 0 amide bonds. The van der Waals surface area contributed by atoms with Crippen LogP contribution in [-0.2, 0) is 0 Å². The van der Waals surface area contributed by atoms with Crippen molar-refractivity contribution < 1.29 is 8.78 Å². The van der Waals surface area contributed by atoms with Gasteiger partial charge in [0.15, 0.2) is 23.3 Å². The van der Waals surface area contributed by atoms with Crippen LogP contribution in [0.15, 0.2) is 6.07 Å². The van der Waals surface area contributed by atoms with Crippen LogP contribution in [0.4, 0.5) is 20.4 Å². The van der Waals surface area contributed by atoms with Crippen molar-refractivity contribution >= 4 is 11.6 Å². The number of pyridine rings is 1. The average Bonchev–Trinajstić information content (AvgIpc) is 3.11. The van der Waals surface area contributed by atoms with Gasteiger partial charge in [0.1, 0.15) is 0 Å². The third kappa shape index (κ3) is 2.65. The van der Waals surface area contributed by atoms with E-state index in [1.54, 1.807) is 7.05 Å². The number of hydrogen-bond donors (Lipinski definition) is 1. The molecule has 94 valence electrons. The molecule has 0 spiro atoms. The lowest BCUT2D eigenvalue weighted by atomic mass is 10.3. The van der Waals surface area contributed by atoms with E-state index in [9.17, 15) is 8.78 Å². The molecule has 0 atom stereocenters. The van der Waals surface area contributed by atoms with E-state index in [1.165, 1.54) is 12.8 Å². The molecule has 1 aliphatic carbocycles. The Balaban J connectivity index is 2.27.